The number of piperidine rings is 1. The van der Waals surface area contributed by atoms with Crippen LogP contribution in [-0.2, 0) is 21.4 Å². The summed E-state index contributed by atoms with van der Waals surface area (Å²) in [5.74, 6) is -0.518. The molecule has 5 rings (SSSR count). The Balaban J connectivity index is 1.28. The van der Waals surface area contributed by atoms with Crippen LogP contribution in [0, 0.1) is 17.0 Å². The molecule has 2 heterocycles. The molecule has 1 unspecified atom stereocenters. The van der Waals surface area contributed by atoms with E-state index in [1.54, 1.807) is 4.90 Å². The van der Waals surface area contributed by atoms with E-state index in [2.05, 4.69) is 0 Å². The van der Waals surface area contributed by atoms with E-state index in [1.165, 1.54) is 0 Å². The number of carbonyl (C=O) groups is 1. The van der Waals surface area contributed by atoms with E-state index in [0.717, 1.165) is 27.8 Å². The van der Waals surface area contributed by atoms with E-state index in [1.807, 2.05) is 54.6 Å². The number of sulfonamides is 1. The van der Waals surface area contributed by atoms with Crippen LogP contribution in [0.4, 0.5) is 8.78 Å². The summed E-state index contributed by atoms with van der Waals surface area (Å²) < 4.78 is 61.1. The molecular formula is C27H26F2N2O4S. The van der Waals surface area contributed by atoms with Gasteiger partial charge in [0.05, 0.1) is 5.41 Å². The average Bonchev–Trinajstić information content (AvgIpc) is 3.16. The maximum atomic E-state index is 14.3. The molecule has 2 aliphatic heterocycles. The lowest BCUT2D eigenvalue weighted by Crippen LogP contribution is -2.49. The molecule has 0 radical (unpaired) electrons. The van der Waals surface area contributed by atoms with Crippen LogP contribution in [0.15, 0.2) is 77.7 Å². The zero-order chi connectivity index (χ0) is 25.3. The summed E-state index contributed by atoms with van der Waals surface area (Å²) in [6.45, 7) is 1.03. The number of rotatable bonds is 6. The van der Waals surface area contributed by atoms with Gasteiger partial charge in [-0.25, -0.2) is 17.2 Å². The summed E-state index contributed by atoms with van der Waals surface area (Å²) >= 11 is 0. The molecule has 9 heteroatoms. The van der Waals surface area contributed by atoms with Gasteiger partial charge in [-0.2, -0.15) is 4.31 Å². The number of amides is 1. The van der Waals surface area contributed by atoms with Crippen LogP contribution in [0.3, 0.4) is 0 Å². The Bertz CT molecular complexity index is 1370. The summed E-state index contributed by atoms with van der Waals surface area (Å²) in [4.78, 5) is 14.5. The summed E-state index contributed by atoms with van der Waals surface area (Å²) in [5, 5.41) is 0. The lowest BCUT2D eigenvalue weighted by atomic mass is 9.79. The van der Waals surface area contributed by atoms with Crippen molar-refractivity contribution in [3.05, 3.63) is 90.0 Å². The molecular weight excluding hydrogens is 486 g/mol. The molecule has 1 amide bonds. The highest BCUT2D eigenvalue weighted by Gasteiger charge is 2.51. The first-order chi connectivity index (χ1) is 17.3. The molecule has 2 fully saturated rings. The molecule has 0 N–H and O–H groups in total. The zero-order valence-electron chi connectivity index (χ0n) is 19.6. The van der Waals surface area contributed by atoms with Crippen LogP contribution in [0.25, 0.3) is 0 Å². The van der Waals surface area contributed by atoms with E-state index in [-0.39, 0.29) is 19.0 Å². The fourth-order valence-electron chi connectivity index (χ4n) is 5.04. The fourth-order valence-corrected chi connectivity index (χ4v) is 6.68. The van der Waals surface area contributed by atoms with Crippen LogP contribution in [0.2, 0.25) is 0 Å². The number of hydrogen-bond donors (Lipinski definition) is 0. The molecule has 0 aliphatic carbocycles. The van der Waals surface area contributed by atoms with Crippen LogP contribution in [0.5, 0.6) is 11.5 Å². The van der Waals surface area contributed by atoms with Gasteiger partial charge in [0.25, 0.3) is 0 Å². The molecule has 1 atom stereocenters. The summed E-state index contributed by atoms with van der Waals surface area (Å²) in [7, 11) is -4.28. The van der Waals surface area contributed by atoms with Gasteiger partial charge < -0.3 is 9.64 Å². The van der Waals surface area contributed by atoms with Crippen molar-refractivity contribution in [1.29, 1.82) is 0 Å². The van der Waals surface area contributed by atoms with Crippen LogP contribution >= 0.6 is 0 Å². The molecule has 0 bridgehead atoms. The van der Waals surface area contributed by atoms with Gasteiger partial charge in [0.2, 0.25) is 15.9 Å². The number of benzene rings is 3. The highest BCUT2D eigenvalue weighted by atomic mass is 32.2. The normalized spacial score (nSPS) is 20.7. The van der Waals surface area contributed by atoms with Crippen molar-refractivity contribution in [3.8, 4) is 11.5 Å². The summed E-state index contributed by atoms with van der Waals surface area (Å²) in [6, 6.07) is 19.3. The maximum absolute atomic E-state index is 14.3. The van der Waals surface area contributed by atoms with Crippen molar-refractivity contribution < 1.29 is 26.7 Å². The van der Waals surface area contributed by atoms with Crippen molar-refractivity contribution in [2.45, 2.75) is 30.7 Å². The van der Waals surface area contributed by atoms with Crippen LogP contribution in [0.1, 0.15) is 24.8 Å². The number of para-hydroxylation sites is 1. The number of nitrogens with zero attached hydrogens (tertiary/aromatic N) is 2. The fraction of sp³-hybridized carbons (Fsp3) is 0.296. The average molecular weight is 513 g/mol. The highest BCUT2D eigenvalue weighted by molar-refractivity contribution is 7.89. The van der Waals surface area contributed by atoms with Gasteiger partial charge in [-0.15, -0.1) is 0 Å². The monoisotopic (exact) mass is 512 g/mol. The molecule has 36 heavy (non-hydrogen) atoms. The number of hydrogen-bond acceptors (Lipinski definition) is 4. The standard InChI is InChI=1S/C27H26F2N2O4S/c28-21-9-12-24(29)25(17-21)36(33,34)31-15-4-13-27(19-31)14-16-30(26(27)32)18-20-7-10-23(11-8-20)35-22-5-2-1-3-6-22/h1-3,5-12,17H,4,13-16,18-19H2. The minimum Gasteiger partial charge on any atom is -0.457 e. The molecule has 188 valence electrons. The Morgan fingerprint density at radius 3 is 2.36 bits per heavy atom. The molecule has 1 spiro atoms. The van der Waals surface area contributed by atoms with E-state index in [0.29, 0.717) is 44.2 Å². The lowest BCUT2D eigenvalue weighted by molar-refractivity contribution is -0.138. The zero-order valence-corrected chi connectivity index (χ0v) is 20.4. The largest absolute Gasteiger partial charge is 0.457 e. The maximum Gasteiger partial charge on any atom is 0.246 e. The van der Waals surface area contributed by atoms with Crippen molar-refractivity contribution >= 4 is 15.9 Å². The summed E-state index contributed by atoms with van der Waals surface area (Å²) in [5.41, 5.74) is 0.0776. The Morgan fingerprint density at radius 1 is 0.889 bits per heavy atom. The Hall–Kier alpha value is -3.30. The molecule has 3 aromatic carbocycles. The number of halogens is 2. The van der Waals surface area contributed by atoms with Gasteiger partial charge in [0.1, 0.15) is 28.0 Å². The first-order valence-corrected chi connectivity index (χ1v) is 13.3. The van der Waals surface area contributed by atoms with Gasteiger partial charge in [-0.05, 0) is 67.3 Å². The van der Waals surface area contributed by atoms with Gasteiger partial charge in [0.15, 0.2) is 0 Å². The first-order valence-electron chi connectivity index (χ1n) is 11.8. The van der Waals surface area contributed by atoms with Gasteiger partial charge in [-0.1, -0.05) is 30.3 Å². The third kappa shape index (κ3) is 4.73. The highest BCUT2D eigenvalue weighted by Crippen LogP contribution is 2.42. The molecule has 6 nitrogen and oxygen atoms in total. The second-order valence-electron chi connectivity index (χ2n) is 9.33. The van der Waals surface area contributed by atoms with E-state index < -0.39 is 32.0 Å². The molecule has 0 saturated carbocycles. The SMILES string of the molecule is O=C1N(Cc2ccc(Oc3ccccc3)cc2)CCC12CCCN(S(=O)(=O)c1cc(F)ccc1F)C2. The predicted molar refractivity (Wildman–Crippen MR) is 130 cm³/mol. The third-order valence-electron chi connectivity index (χ3n) is 6.93. The Labute approximate surface area is 209 Å². The van der Waals surface area contributed by atoms with Crippen LogP contribution < -0.4 is 4.74 Å². The Kier molecular flexibility index (Phi) is 6.53. The number of carbonyl (C=O) groups excluding carboxylic acids is 1. The van der Waals surface area contributed by atoms with Crippen LogP contribution in [-0.4, -0.2) is 43.2 Å². The van der Waals surface area contributed by atoms with Crippen molar-refractivity contribution in [2.24, 2.45) is 5.41 Å². The lowest BCUT2D eigenvalue weighted by Gasteiger charge is -2.38. The number of ether oxygens (including phenoxy) is 1. The van der Waals surface area contributed by atoms with Gasteiger partial charge in [-0.3, -0.25) is 4.79 Å². The molecule has 2 saturated heterocycles. The van der Waals surface area contributed by atoms with Crippen molar-refractivity contribution in [2.75, 3.05) is 19.6 Å². The minimum absolute atomic E-state index is 0.0372. The smallest absolute Gasteiger partial charge is 0.246 e. The minimum atomic E-state index is -4.28. The van der Waals surface area contributed by atoms with Crippen molar-refractivity contribution in [1.82, 2.24) is 9.21 Å². The Morgan fingerprint density at radius 2 is 1.61 bits per heavy atom. The van der Waals surface area contributed by atoms with E-state index in [4.69, 9.17) is 4.74 Å². The van der Waals surface area contributed by atoms with Gasteiger partial charge in [0, 0.05) is 26.2 Å². The van der Waals surface area contributed by atoms with Gasteiger partial charge >= 0.3 is 0 Å². The topological polar surface area (TPSA) is 66.9 Å². The third-order valence-corrected chi connectivity index (χ3v) is 8.79. The van der Waals surface area contributed by atoms with Crippen molar-refractivity contribution in [3.63, 3.8) is 0 Å². The molecule has 3 aromatic rings. The molecule has 0 aromatic heterocycles. The second kappa shape index (κ2) is 9.63. The van der Waals surface area contributed by atoms with E-state index >= 15 is 0 Å². The predicted octanol–water partition coefficient (Wildman–Crippen LogP) is 4.96. The molecule has 2 aliphatic rings. The quantitative estimate of drug-likeness (QED) is 0.468. The second-order valence-corrected chi connectivity index (χ2v) is 11.2. The van der Waals surface area contributed by atoms with E-state index in [9.17, 15) is 22.0 Å². The summed E-state index contributed by atoms with van der Waals surface area (Å²) in [6.07, 6.45) is 1.55. The first kappa shape index (κ1) is 24.4. The number of likely N-dealkylation sites (tertiary alicyclic amines) is 1.